The van der Waals surface area contributed by atoms with Crippen molar-refractivity contribution in [1.29, 1.82) is 0 Å². The number of carbonyl (C=O) groups excluding carboxylic acids is 4. The van der Waals surface area contributed by atoms with Crippen molar-refractivity contribution in [2.75, 3.05) is 19.6 Å². The number of hydrogen-bond donors (Lipinski definition) is 1. The SMILES string of the molecule is CCN(CC)C(=O)CN1C(=O)NC(=O)C(F)C1=O. The molecule has 1 atom stereocenters. The van der Waals surface area contributed by atoms with E-state index in [0.29, 0.717) is 18.0 Å². The van der Waals surface area contributed by atoms with Gasteiger partial charge in [-0.15, -0.1) is 0 Å². The molecule has 1 unspecified atom stereocenters. The van der Waals surface area contributed by atoms with Crippen molar-refractivity contribution in [2.45, 2.75) is 20.0 Å². The van der Waals surface area contributed by atoms with Gasteiger partial charge in [0.1, 0.15) is 6.54 Å². The molecule has 1 N–H and O–H groups in total. The zero-order valence-corrected chi connectivity index (χ0v) is 10.1. The molecule has 0 aromatic rings. The number of imide groups is 2. The monoisotopic (exact) mass is 259 g/mol. The van der Waals surface area contributed by atoms with Gasteiger partial charge in [-0.25, -0.2) is 9.18 Å². The summed E-state index contributed by atoms with van der Waals surface area (Å²) in [7, 11) is 0. The van der Waals surface area contributed by atoms with Crippen molar-refractivity contribution in [1.82, 2.24) is 15.1 Å². The van der Waals surface area contributed by atoms with Gasteiger partial charge in [-0.3, -0.25) is 24.6 Å². The summed E-state index contributed by atoms with van der Waals surface area (Å²) in [5, 5.41) is 1.67. The summed E-state index contributed by atoms with van der Waals surface area (Å²) in [6.07, 6.45) is -2.44. The fourth-order valence-electron chi connectivity index (χ4n) is 1.55. The van der Waals surface area contributed by atoms with Gasteiger partial charge in [0.2, 0.25) is 5.91 Å². The van der Waals surface area contributed by atoms with Crippen LogP contribution in [0.3, 0.4) is 0 Å². The number of likely N-dealkylation sites (N-methyl/N-ethyl adjacent to an activating group) is 1. The van der Waals surface area contributed by atoms with Crippen molar-refractivity contribution >= 4 is 23.8 Å². The summed E-state index contributed by atoms with van der Waals surface area (Å²) < 4.78 is 13.1. The molecule has 0 bridgehead atoms. The minimum atomic E-state index is -2.44. The lowest BCUT2D eigenvalue weighted by Crippen LogP contribution is -2.61. The van der Waals surface area contributed by atoms with Crippen LogP contribution in [0.1, 0.15) is 13.8 Å². The quantitative estimate of drug-likeness (QED) is 0.674. The maximum atomic E-state index is 13.1. The van der Waals surface area contributed by atoms with Crippen LogP contribution in [0, 0.1) is 0 Å². The minimum absolute atomic E-state index is 0.409. The van der Waals surface area contributed by atoms with E-state index in [2.05, 4.69) is 0 Å². The second kappa shape index (κ2) is 5.56. The van der Waals surface area contributed by atoms with Crippen LogP contribution in [0.15, 0.2) is 0 Å². The second-order valence-electron chi connectivity index (χ2n) is 3.65. The van der Waals surface area contributed by atoms with Crippen LogP contribution in [0.4, 0.5) is 9.18 Å². The summed E-state index contributed by atoms with van der Waals surface area (Å²) in [4.78, 5) is 47.1. The molecule has 7 nitrogen and oxygen atoms in total. The van der Waals surface area contributed by atoms with Crippen molar-refractivity contribution < 1.29 is 23.6 Å². The Balaban J connectivity index is 2.77. The lowest BCUT2D eigenvalue weighted by atomic mass is 10.2. The van der Waals surface area contributed by atoms with E-state index < -0.39 is 36.5 Å². The molecule has 0 radical (unpaired) electrons. The molecule has 1 rings (SSSR count). The molecular formula is C10H14FN3O4. The molecule has 0 aromatic heterocycles. The van der Waals surface area contributed by atoms with E-state index in [9.17, 15) is 23.6 Å². The fourth-order valence-corrected chi connectivity index (χ4v) is 1.55. The highest BCUT2D eigenvalue weighted by Gasteiger charge is 2.41. The van der Waals surface area contributed by atoms with Crippen LogP contribution in [-0.4, -0.2) is 59.4 Å². The number of halogens is 1. The molecule has 0 spiro atoms. The normalized spacial score (nSPS) is 19.8. The largest absolute Gasteiger partial charge is 0.342 e. The van der Waals surface area contributed by atoms with Crippen LogP contribution in [0.5, 0.6) is 0 Å². The highest BCUT2D eigenvalue weighted by Crippen LogP contribution is 2.07. The Kier molecular flexibility index (Phi) is 4.35. The van der Waals surface area contributed by atoms with Crippen LogP contribution in [-0.2, 0) is 14.4 Å². The first kappa shape index (κ1) is 14.1. The number of urea groups is 1. The van der Waals surface area contributed by atoms with Gasteiger partial charge in [-0.05, 0) is 13.8 Å². The summed E-state index contributed by atoms with van der Waals surface area (Å²) in [5.41, 5.74) is 0. The molecule has 18 heavy (non-hydrogen) atoms. The Bertz CT molecular complexity index is 395. The van der Waals surface area contributed by atoms with Crippen LogP contribution in [0.2, 0.25) is 0 Å². The lowest BCUT2D eigenvalue weighted by molar-refractivity contribution is -0.147. The first-order valence-electron chi connectivity index (χ1n) is 5.50. The molecule has 0 aliphatic carbocycles. The summed E-state index contributed by atoms with van der Waals surface area (Å²) in [5.74, 6) is -3.08. The van der Waals surface area contributed by atoms with E-state index in [1.54, 1.807) is 19.2 Å². The molecule has 1 heterocycles. The molecule has 8 heteroatoms. The predicted molar refractivity (Wildman–Crippen MR) is 58.1 cm³/mol. The highest BCUT2D eigenvalue weighted by atomic mass is 19.1. The molecule has 100 valence electrons. The Morgan fingerprint density at radius 3 is 2.39 bits per heavy atom. The predicted octanol–water partition coefficient (Wildman–Crippen LogP) is -0.729. The zero-order chi connectivity index (χ0) is 13.9. The molecule has 1 aliphatic rings. The van der Waals surface area contributed by atoms with Gasteiger partial charge in [0.25, 0.3) is 18.0 Å². The number of nitrogens with one attached hydrogen (secondary N) is 1. The zero-order valence-electron chi connectivity index (χ0n) is 10.1. The number of amides is 5. The van der Waals surface area contributed by atoms with Gasteiger partial charge >= 0.3 is 6.03 Å². The van der Waals surface area contributed by atoms with Crippen molar-refractivity contribution in [3.63, 3.8) is 0 Å². The van der Waals surface area contributed by atoms with Crippen LogP contribution < -0.4 is 5.32 Å². The first-order valence-corrected chi connectivity index (χ1v) is 5.50. The van der Waals surface area contributed by atoms with Gasteiger partial charge in [0.15, 0.2) is 0 Å². The average Bonchev–Trinajstić information content (AvgIpc) is 2.33. The Labute approximate surface area is 103 Å². The van der Waals surface area contributed by atoms with E-state index in [0.717, 1.165) is 0 Å². The van der Waals surface area contributed by atoms with Crippen molar-refractivity contribution in [3.05, 3.63) is 0 Å². The Morgan fingerprint density at radius 2 is 1.89 bits per heavy atom. The molecule has 1 fully saturated rings. The van der Waals surface area contributed by atoms with Crippen LogP contribution >= 0.6 is 0 Å². The highest BCUT2D eigenvalue weighted by molar-refractivity contribution is 6.18. The first-order chi connectivity index (χ1) is 8.42. The average molecular weight is 259 g/mol. The van der Waals surface area contributed by atoms with Crippen molar-refractivity contribution in [3.8, 4) is 0 Å². The fraction of sp³-hybridized carbons (Fsp3) is 0.600. The number of nitrogens with zero attached hydrogens (tertiary/aromatic N) is 2. The van der Waals surface area contributed by atoms with E-state index in [1.165, 1.54) is 4.90 Å². The third-order valence-electron chi connectivity index (χ3n) is 2.60. The summed E-state index contributed by atoms with van der Waals surface area (Å²) in [6, 6.07) is -1.07. The second-order valence-corrected chi connectivity index (χ2v) is 3.65. The van der Waals surface area contributed by atoms with Gasteiger partial charge in [0, 0.05) is 13.1 Å². The number of rotatable bonds is 4. The maximum absolute atomic E-state index is 13.1. The molecule has 1 aliphatic heterocycles. The number of alkyl halides is 1. The van der Waals surface area contributed by atoms with E-state index in [1.807, 2.05) is 0 Å². The molecule has 0 saturated carbocycles. The number of hydrogen-bond acceptors (Lipinski definition) is 4. The summed E-state index contributed by atoms with van der Waals surface area (Å²) in [6.45, 7) is 3.73. The third kappa shape index (κ3) is 2.63. The molecule has 1 saturated heterocycles. The van der Waals surface area contributed by atoms with Crippen molar-refractivity contribution in [2.24, 2.45) is 0 Å². The maximum Gasteiger partial charge on any atom is 0.331 e. The standard InChI is InChI=1S/C10H14FN3O4/c1-3-13(4-2)6(15)5-14-9(17)7(11)8(16)12-10(14)18/h7H,3-5H2,1-2H3,(H,12,16,18). The van der Waals surface area contributed by atoms with E-state index in [4.69, 9.17) is 0 Å². The smallest absolute Gasteiger partial charge is 0.331 e. The minimum Gasteiger partial charge on any atom is -0.342 e. The van der Waals surface area contributed by atoms with Gasteiger partial charge < -0.3 is 4.90 Å². The van der Waals surface area contributed by atoms with E-state index in [-0.39, 0.29) is 0 Å². The topological polar surface area (TPSA) is 86.8 Å². The molecule has 5 amide bonds. The third-order valence-corrected chi connectivity index (χ3v) is 2.60. The number of carbonyl (C=O) groups is 4. The Morgan fingerprint density at radius 1 is 1.33 bits per heavy atom. The Hall–Kier alpha value is -1.99. The molecule has 0 aromatic carbocycles. The van der Waals surface area contributed by atoms with Crippen LogP contribution in [0.25, 0.3) is 0 Å². The molecular weight excluding hydrogens is 245 g/mol. The van der Waals surface area contributed by atoms with Gasteiger partial charge in [-0.1, -0.05) is 0 Å². The lowest BCUT2D eigenvalue weighted by Gasteiger charge is -2.28. The van der Waals surface area contributed by atoms with Gasteiger partial charge in [0.05, 0.1) is 0 Å². The van der Waals surface area contributed by atoms with E-state index >= 15 is 0 Å². The number of barbiturate groups is 1. The van der Waals surface area contributed by atoms with Gasteiger partial charge in [-0.2, -0.15) is 0 Å². The summed E-state index contributed by atoms with van der Waals surface area (Å²) >= 11 is 0.